The van der Waals surface area contributed by atoms with Crippen LogP contribution in [0.25, 0.3) is 0 Å². The Morgan fingerprint density at radius 2 is 2.29 bits per heavy atom. The van der Waals surface area contributed by atoms with E-state index in [1.165, 1.54) is 0 Å². The summed E-state index contributed by atoms with van der Waals surface area (Å²) in [4.78, 5) is 2.52. The Morgan fingerprint density at radius 3 is 2.88 bits per heavy atom. The van der Waals surface area contributed by atoms with Crippen LogP contribution in [0.5, 0.6) is 0 Å². The van der Waals surface area contributed by atoms with E-state index in [1.807, 2.05) is 0 Å². The Kier molecular flexibility index (Phi) is 7.04. The SMILES string of the molecule is CC[C@H](COC)NC[C@H](C)N1CCOC[C@@H]1C. The number of rotatable bonds is 7. The van der Waals surface area contributed by atoms with Crippen molar-refractivity contribution in [3.8, 4) is 0 Å². The molecule has 0 unspecified atom stereocenters. The molecule has 1 heterocycles. The molecule has 0 amide bonds. The van der Waals surface area contributed by atoms with Crippen LogP contribution in [0.2, 0.25) is 0 Å². The molecule has 3 atom stereocenters. The first-order valence-electron chi connectivity index (χ1n) is 6.74. The van der Waals surface area contributed by atoms with Crippen LogP contribution in [0, 0.1) is 0 Å². The largest absolute Gasteiger partial charge is 0.383 e. The van der Waals surface area contributed by atoms with Crippen molar-refractivity contribution in [3.05, 3.63) is 0 Å². The average Bonchev–Trinajstić information content (AvgIpc) is 2.34. The van der Waals surface area contributed by atoms with Gasteiger partial charge in [0.2, 0.25) is 0 Å². The van der Waals surface area contributed by atoms with E-state index in [-0.39, 0.29) is 0 Å². The third-order valence-electron chi connectivity index (χ3n) is 3.55. The number of ether oxygens (including phenoxy) is 2. The molecule has 1 aliphatic heterocycles. The maximum atomic E-state index is 5.47. The number of hydrogen-bond donors (Lipinski definition) is 1. The molecule has 0 aromatic rings. The van der Waals surface area contributed by atoms with Gasteiger partial charge in [-0.1, -0.05) is 6.92 Å². The normalized spacial score (nSPS) is 25.8. The molecule has 17 heavy (non-hydrogen) atoms. The van der Waals surface area contributed by atoms with Crippen LogP contribution in [-0.2, 0) is 9.47 Å². The molecule has 1 N–H and O–H groups in total. The third-order valence-corrected chi connectivity index (χ3v) is 3.55. The zero-order chi connectivity index (χ0) is 12.7. The number of morpholine rings is 1. The fraction of sp³-hybridized carbons (Fsp3) is 1.00. The summed E-state index contributed by atoms with van der Waals surface area (Å²) in [6.07, 6.45) is 1.11. The lowest BCUT2D eigenvalue weighted by atomic mass is 10.1. The van der Waals surface area contributed by atoms with Gasteiger partial charge in [0.1, 0.15) is 0 Å². The van der Waals surface area contributed by atoms with Gasteiger partial charge in [0.05, 0.1) is 19.8 Å². The van der Waals surface area contributed by atoms with E-state index in [2.05, 4.69) is 31.0 Å². The highest BCUT2D eigenvalue weighted by atomic mass is 16.5. The minimum Gasteiger partial charge on any atom is -0.383 e. The number of hydrogen-bond acceptors (Lipinski definition) is 4. The standard InChI is InChI=1S/C13H28N2O2/c1-5-13(10-16-4)14-8-11(2)15-6-7-17-9-12(15)3/h11-14H,5-10H2,1-4H3/t11-,12-,13+/m0/s1. The predicted octanol–water partition coefficient (Wildman–Crippen LogP) is 1.11. The molecule has 0 aliphatic carbocycles. The van der Waals surface area contributed by atoms with Gasteiger partial charge < -0.3 is 14.8 Å². The van der Waals surface area contributed by atoms with E-state index in [0.717, 1.165) is 39.3 Å². The van der Waals surface area contributed by atoms with Crippen LogP contribution in [0.15, 0.2) is 0 Å². The molecule has 4 nitrogen and oxygen atoms in total. The minimum atomic E-state index is 0.471. The van der Waals surface area contributed by atoms with Crippen molar-refractivity contribution >= 4 is 0 Å². The van der Waals surface area contributed by atoms with E-state index in [4.69, 9.17) is 9.47 Å². The third kappa shape index (κ3) is 4.92. The van der Waals surface area contributed by atoms with Gasteiger partial charge in [0.15, 0.2) is 0 Å². The molecule has 0 spiro atoms. The molecule has 0 saturated carbocycles. The Bertz CT molecular complexity index is 202. The molecule has 4 heteroatoms. The molecule has 102 valence electrons. The first-order chi connectivity index (χ1) is 8.19. The summed E-state index contributed by atoms with van der Waals surface area (Å²) < 4.78 is 10.7. The monoisotopic (exact) mass is 244 g/mol. The summed E-state index contributed by atoms with van der Waals surface area (Å²) in [5.74, 6) is 0. The van der Waals surface area contributed by atoms with E-state index in [0.29, 0.717) is 18.1 Å². The van der Waals surface area contributed by atoms with Crippen LogP contribution in [0.1, 0.15) is 27.2 Å². The van der Waals surface area contributed by atoms with Gasteiger partial charge in [-0.15, -0.1) is 0 Å². The van der Waals surface area contributed by atoms with E-state index >= 15 is 0 Å². The molecule has 0 radical (unpaired) electrons. The van der Waals surface area contributed by atoms with E-state index < -0.39 is 0 Å². The summed E-state index contributed by atoms with van der Waals surface area (Å²) in [6.45, 7) is 11.3. The highest BCUT2D eigenvalue weighted by Gasteiger charge is 2.23. The fourth-order valence-electron chi connectivity index (χ4n) is 2.37. The van der Waals surface area contributed by atoms with Crippen molar-refractivity contribution in [2.45, 2.75) is 45.3 Å². The molecule has 0 bridgehead atoms. The Labute approximate surface area is 106 Å². The maximum absolute atomic E-state index is 5.47. The Balaban J connectivity index is 2.29. The van der Waals surface area contributed by atoms with Gasteiger partial charge >= 0.3 is 0 Å². The molecular formula is C13H28N2O2. The zero-order valence-electron chi connectivity index (χ0n) is 11.7. The summed E-state index contributed by atoms with van der Waals surface area (Å²) in [5.41, 5.74) is 0. The van der Waals surface area contributed by atoms with Crippen molar-refractivity contribution in [1.82, 2.24) is 10.2 Å². The lowest BCUT2D eigenvalue weighted by Crippen LogP contribution is -2.52. The summed E-state index contributed by atoms with van der Waals surface area (Å²) in [5, 5.41) is 3.58. The van der Waals surface area contributed by atoms with E-state index in [1.54, 1.807) is 7.11 Å². The first-order valence-corrected chi connectivity index (χ1v) is 6.74. The van der Waals surface area contributed by atoms with Gasteiger partial charge in [-0.3, -0.25) is 4.90 Å². The smallest absolute Gasteiger partial charge is 0.0619 e. The van der Waals surface area contributed by atoms with Gasteiger partial charge in [0.25, 0.3) is 0 Å². The number of methoxy groups -OCH3 is 1. The first kappa shape index (κ1) is 14.9. The second kappa shape index (κ2) is 8.03. The fourth-order valence-corrected chi connectivity index (χ4v) is 2.37. The number of nitrogens with one attached hydrogen (secondary N) is 1. The Morgan fingerprint density at radius 1 is 1.53 bits per heavy atom. The second-order valence-electron chi connectivity index (χ2n) is 4.98. The molecule has 1 aliphatic rings. The molecular weight excluding hydrogens is 216 g/mol. The highest BCUT2D eigenvalue weighted by molar-refractivity contribution is 4.79. The van der Waals surface area contributed by atoms with Gasteiger partial charge in [0, 0.05) is 38.3 Å². The quantitative estimate of drug-likeness (QED) is 0.727. The summed E-state index contributed by atoms with van der Waals surface area (Å²) in [7, 11) is 1.76. The highest BCUT2D eigenvalue weighted by Crippen LogP contribution is 2.10. The topological polar surface area (TPSA) is 33.7 Å². The van der Waals surface area contributed by atoms with Crippen molar-refractivity contribution < 1.29 is 9.47 Å². The van der Waals surface area contributed by atoms with Crippen LogP contribution < -0.4 is 5.32 Å². The van der Waals surface area contributed by atoms with Crippen molar-refractivity contribution in [3.63, 3.8) is 0 Å². The minimum absolute atomic E-state index is 0.471. The van der Waals surface area contributed by atoms with Crippen LogP contribution in [0.4, 0.5) is 0 Å². The van der Waals surface area contributed by atoms with Crippen molar-refractivity contribution in [2.75, 3.05) is 40.0 Å². The number of nitrogens with zero attached hydrogens (tertiary/aromatic N) is 1. The second-order valence-corrected chi connectivity index (χ2v) is 4.98. The lowest BCUT2D eigenvalue weighted by molar-refractivity contribution is -0.0189. The zero-order valence-corrected chi connectivity index (χ0v) is 11.7. The molecule has 1 saturated heterocycles. The molecule has 0 aromatic heterocycles. The maximum Gasteiger partial charge on any atom is 0.0619 e. The lowest BCUT2D eigenvalue weighted by Gasteiger charge is -2.38. The molecule has 1 rings (SSSR count). The van der Waals surface area contributed by atoms with Gasteiger partial charge in [-0.05, 0) is 20.3 Å². The predicted molar refractivity (Wildman–Crippen MR) is 70.4 cm³/mol. The summed E-state index contributed by atoms with van der Waals surface area (Å²) >= 11 is 0. The van der Waals surface area contributed by atoms with Crippen LogP contribution in [0.3, 0.4) is 0 Å². The van der Waals surface area contributed by atoms with E-state index in [9.17, 15) is 0 Å². The molecule has 0 aromatic carbocycles. The van der Waals surface area contributed by atoms with Gasteiger partial charge in [-0.25, -0.2) is 0 Å². The average molecular weight is 244 g/mol. The van der Waals surface area contributed by atoms with Crippen molar-refractivity contribution in [2.24, 2.45) is 0 Å². The van der Waals surface area contributed by atoms with Gasteiger partial charge in [-0.2, -0.15) is 0 Å². The Hall–Kier alpha value is -0.160. The van der Waals surface area contributed by atoms with Crippen molar-refractivity contribution in [1.29, 1.82) is 0 Å². The van der Waals surface area contributed by atoms with Crippen LogP contribution in [-0.4, -0.2) is 63.0 Å². The summed E-state index contributed by atoms with van der Waals surface area (Å²) in [6, 6.07) is 1.56. The van der Waals surface area contributed by atoms with Crippen LogP contribution >= 0.6 is 0 Å². The molecule has 1 fully saturated rings.